The quantitative estimate of drug-likeness (QED) is 0.725. The molecule has 0 heterocycles. The SMILES string of the molecule is O=C(O)COCC(O)C(Sc1ccc(F)cc1)c1ccccc1. The van der Waals surface area contributed by atoms with Gasteiger partial charge in [0.15, 0.2) is 0 Å². The first-order valence-electron chi connectivity index (χ1n) is 7.01. The zero-order valence-corrected chi connectivity index (χ0v) is 13.1. The Labute approximate surface area is 137 Å². The molecule has 2 N–H and O–H groups in total. The molecule has 2 unspecified atom stereocenters. The largest absolute Gasteiger partial charge is 0.480 e. The molecule has 0 aliphatic heterocycles. The number of carbonyl (C=O) groups is 1. The number of aliphatic hydroxyl groups excluding tert-OH is 1. The van der Waals surface area contributed by atoms with E-state index in [2.05, 4.69) is 0 Å². The van der Waals surface area contributed by atoms with E-state index in [1.54, 1.807) is 12.1 Å². The molecule has 0 aromatic heterocycles. The normalized spacial score (nSPS) is 13.5. The van der Waals surface area contributed by atoms with Gasteiger partial charge in [-0.25, -0.2) is 9.18 Å². The average Bonchev–Trinajstić information content (AvgIpc) is 2.54. The third-order valence-corrected chi connectivity index (χ3v) is 4.45. The molecule has 0 saturated carbocycles. The molecule has 0 fully saturated rings. The van der Waals surface area contributed by atoms with E-state index in [9.17, 15) is 14.3 Å². The van der Waals surface area contributed by atoms with E-state index in [1.165, 1.54) is 23.9 Å². The van der Waals surface area contributed by atoms with E-state index >= 15 is 0 Å². The fourth-order valence-electron chi connectivity index (χ4n) is 2.03. The van der Waals surface area contributed by atoms with Gasteiger partial charge in [-0.2, -0.15) is 0 Å². The minimum Gasteiger partial charge on any atom is -0.480 e. The number of ether oxygens (including phenoxy) is 1. The second-order valence-electron chi connectivity index (χ2n) is 4.88. The second-order valence-corrected chi connectivity index (χ2v) is 6.09. The highest BCUT2D eigenvalue weighted by atomic mass is 32.2. The minimum absolute atomic E-state index is 0.0972. The lowest BCUT2D eigenvalue weighted by molar-refractivity contribution is -0.143. The van der Waals surface area contributed by atoms with Crippen LogP contribution in [0.2, 0.25) is 0 Å². The molecule has 2 aromatic rings. The Morgan fingerprint density at radius 3 is 2.39 bits per heavy atom. The molecule has 0 bridgehead atoms. The number of aliphatic hydroxyl groups is 1. The van der Waals surface area contributed by atoms with Gasteiger partial charge >= 0.3 is 5.97 Å². The molecule has 4 nitrogen and oxygen atoms in total. The zero-order valence-electron chi connectivity index (χ0n) is 12.3. The van der Waals surface area contributed by atoms with Crippen LogP contribution in [0.1, 0.15) is 10.8 Å². The van der Waals surface area contributed by atoms with Gasteiger partial charge in [0.25, 0.3) is 0 Å². The van der Waals surface area contributed by atoms with Crippen LogP contribution in [0, 0.1) is 5.82 Å². The van der Waals surface area contributed by atoms with Gasteiger partial charge < -0.3 is 14.9 Å². The van der Waals surface area contributed by atoms with Crippen LogP contribution in [0.4, 0.5) is 4.39 Å². The van der Waals surface area contributed by atoms with Gasteiger partial charge in [0.1, 0.15) is 12.4 Å². The second kappa shape index (κ2) is 8.67. The Morgan fingerprint density at radius 2 is 1.78 bits per heavy atom. The maximum Gasteiger partial charge on any atom is 0.329 e. The van der Waals surface area contributed by atoms with Gasteiger partial charge in [-0.3, -0.25) is 0 Å². The highest BCUT2D eigenvalue weighted by molar-refractivity contribution is 7.99. The predicted molar refractivity (Wildman–Crippen MR) is 85.9 cm³/mol. The highest BCUT2D eigenvalue weighted by Crippen LogP contribution is 2.37. The lowest BCUT2D eigenvalue weighted by Gasteiger charge is -2.23. The summed E-state index contributed by atoms with van der Waals surface area (Å²) in [6, 6.07) is 15.3. The van der Waals surface area contributed by atoms with E-state index in [0.29, 0.717) is 0 Å². The average molecular weight is 336 g/mol. The number of carboxylic acids is 1. The van der Waals surface area contributed by atoms with Gasteiger partial charge in [0.05, 0.1) is 18.0 Å². The molecule has 2 atom stereocenters. The van der Waals surface area contributed by atoms with Crippen molar-refractivity contribution in [3.05, 3.63) is 66.0 Å². The Hall–Kier alpha value is -1.89. The van der Waals surface area contributed by atoms with E-state index in [4.69, 9.17) is 9.84 Å². The lowest BCUT2D eigenvalue weighted by atomic mass is 10.1. The fourth-order valence-corrected chi connectivity index (χ4v) is 3.14. The standard InChI is InChI=1S/C17H17FO4S/c18-13-6-8-14(9-7-13)23-17(12-4-2-1-3-5-12)15(19)10-22-11-16(20)21/h1-9,15,17,19H,10-11H2,(H,20,21). The summed E-state index contributed by atoms with van der Waals surface area (Å²) in [6.07, 6.45) is -0.896. The van der Waals surface area contributed by atoms with Crippen molar-refractivity contribution in [2.24, 2.45) is 0 Å². The maximum atomic E-state index is 13.0. The molecule has 6 heteroatoms. The minimum atomic E-state index is -1.08. The molecule has 23 heavy (non-hydrogen) atoms. The monoisotopic (exact) mass is 336 g/mol. The van der Waals surface area contributed by atoms with Crippen LogP contribution in [-0.2, 0) is 9.53 Å². The smallest absolute Gasteiger partial charge is 0.329 e. The predicted octanol–water partition coefficient (Wildman–Crippen LogP) is 3.12. The number of hydrogen-bond donors (Lipinski definition) is 2. The van der Waals surface area contributed by atoms with Crippen molar-refractivity contribution < 1.29 is 24.1 Å². The molecule has 0 saturated heterocycles. The molecule has 0 aliphatic rings. The van der Waals surface area contributed by atoms with Gasteiger partial charge in [-0.05, 0) is 29.8 Å². The molecule has 0 aliphatic carbocycles. The molecule has 2 rings (SSSR count). The van der Waals surface area contributed by atoms with Crippen molar-refractivity contribution in [2.75, 3.05) is 13.2 Å². The number of aliphatic carboxylic acids is 1. The number of hydrogen-bond acceptors (Lipinski definition) is 4. The van der Waals surface area contributed by atoms with Gasteiger partial charge in [0.2, 0.25) is 0 Å². The van der Waals surface area contributed by atoms with Crippen molar-refractivity contribution in [1.29, 1.82) is 0 Å². The number of thioether (sulfide) groups is 1. The summed E-state index contributed by atoms with van der Waals surface area (Å²) in [4.78, 5) is 11.3. The molecule has 0 amide bonds. The van der Waals surface area contributed by atoms with Crippen LogP contribution < -0.4 is 0 Å². The molecular weight excluding hydrogens is 319 g/mol. The Balaban J connectivity index is 2.11. The van der Waals surface area contributed by atoms with E-state index in [0.717, 1.165) is 10.5 Å². The van der Waals surface area contributed by atoms with Crippen molar-refractivity contribution >= 4 is 17.7 Å². The fraction of sp³-hybridized carbons (Fsp3) is 0.235. The zero-order chi connectivity index (χ0) is 16.7. The lowest BCUT2D eigenvalue weighted by Crippen LogP contribution is -2.24. The van der Waals surface area contributed by atoms with E-state index < -0.39 is 18.7 Å². The van der Waals surface area contributed by atoms with E-state index in [1.807, 2.05) is 30.3 Å². The Kier molecular flexibility index (Phi) is 6.58. The Morgan fingerprint density at radius 1 is 1.13 bits per heavy atom. The van der Waals surface area contributed by atoms with Crippen molar-refractivity contribution in [3.63, 3.8) is 0 Å². The first kappa shape index (κ1) is 17.5. The highest BCUT2D eigenvalue weighted by Gasteiger charge is 2.23. The third kappa shape index (κ3) is 5.67. The first-order valence-corrected chi connectivity index (χ1v) is 7.89. The van der Waals surface area contributed by atoms with Crippen LogP contribution in [0.25, 0.3) is 0 Å². The summed E-state index contributed by atoms with van der Waals surface area (Å²) < 4.78 is 18.0. The molecule has 122 valence electrons. The summed E-state index contributed by atoms with van der Waals surface area (Å²) in [5, 5.41) is 18.6. The van der Waals surface area contributed by atoms with Crippen LogP contribution in [0.3, 0.4) is 0 Å². The summed E-state index contributed by atoms with van der Waals surface area (Å²) in [7, 11) is 0. The van der Waals surface area contributed by atoms with Crippen molar-refractivity contribution in [1.82, 2.24) is 0 Å². The molecule has 2 aromatic carbocycles. The molecule has 0 spiro atoms. The third-order valence-electron chi connectivity index (χ3n) is 3.07. The molecular formula is C17H17FO4S. The Bertz CT molecular complexity index is 618. The van der Waals surface area contributed by atoms with Crippen molar-refractivity contribution in [3.8, 4) is 0 Å². The van der Waals surface area contributed by atoms with E-state index in [-0.39, 0.29) is 17.7 Å². The van der Waals surface area contributed by atoms with Crippen LogP contribution in [-0.4, -0.2) is 35.5 Å². The topological polar surface area (TPSA) is 66.8 Å². The van der Waals surface area contributed by atoms with Crippen LogP contribution >= 0.6 is 11.8 Å². The summed E-state index contributed by atoms with van der Waals surface area (Å²) >= 11 is 1.37. The number of benzene rings is 2. The van der Waals surface area contributed by atoms with Gasteiger partial charge in [-0.1, -0.05) is 30.3 Å². The summed E-state index contributed by atoms with van der Waals surface area (Å²) in [5.41, 5.74) is 0.883. The number of carboxylic acid groups (broad SMARTS) is 1. The van der Waals surface area contributed by atoms with Gasteiger partial charge in [0, 0.05) is 4.90 Å². The first-order chi connectivity index (χ1) is 11.1. The number of rotatable bonds is 8. The number of halogens is 1. The molecule has 0 radical (unpaired) electrons. The summed E-state index contributed by atoms with van der Waals surface area (Å²) in [6.45, 7) is -0.556. The summed E-state index contributed by atoms with van der Waals surface area (Å²) in [5.74, 6) is -1.41. The maximum absolute atomic E-state index is 13.0. The van der Waals surface area contributed by atoms with Gasteiger partial charge in [-0.15, -0.1) is 11.8 Å². The van der Waals surface area contributed by atoms with Crippen molar-refractivity contribution in [2.45, 2.75) is 16.2 Å². The van der Waals surface area contributed by atoms with Crippen LogP contribution in [0.15, 0.2) is 59.5 Å². The van der Waals surface area contributed by atoms with Crippen LogP contribution in [0.5, 0.6) is 0 Å².